The molecule has 1 unspecified atom stereocenters. The Labute approximate surface area is 183 Å². The van der Waals surface area contributed by atoms with Crippen molar-refractivity contribution in [1.29, 1.82) is 5.26 Å². The molecule has 1 fully saturated rings. The van der Waals surface area contributed by atoms with Gasteiger partial charge in [-0.25, -0.2) is 9.18 Å². The molecule has 4 rings (SSSR count). The van der Waals surface area contributed by atoms with Gasteiger partial charge in [0.2, 0.25) is 0 Å². The Balaban J connectivity index is 1.62. The molecule has 7 nitrogen and oxygen atoms in total. The molecule has 9 heteroatoms. The van der Waals surface area contributed by atoms with Crippen LogP contribution in [0.3, 0.4) is 0 Å². The second-order valence-electron chi connectivity index (χ2n) is 7.71. The van der Waals surface area contributed by atoms with Gasteiger partial charge in [0.25, 0.3) is 0 Å². The number of halogens is 2. The number of benzene rings is 2. The van der Waals surface area contributed by atoms with E-state index in [0.717, 1.165) is 10.9 Å². The summed E-state index contributed by atoms with van der Waals surface area (Å²) in [5.74, 6) is -0.349. The quantitative estimate of drug-likeness (QED) is 0.598. The van der Waals surface area contributed by atoms with Crippen LogP contribution in [0.15, 0.2) is 42.6 Å². The lowest BCUT2D eigenvalue weighted by molar-refractivity contribution is 0.0205. The van der Waals surface area contributed by atoms with E-state index in [4.69, 9.17) is 16.3 Å². The molecular weight excluding hydrogens is 423 g/mol. The number of nitrogens with one attached hydrogen (secondary N) is 1. The highest BCUT2D eigenvalue weighted by molar-refractivity contribution is 6.31. The highest BCUT2D eigenvalue weighted by Crippen LogP contribution is 2.38. The van der Waals surface area contributed by atoms with E-state index >= 15 is 0 Å². The molecule has 2 N–H and O–H groups in total. The Morgan fingerprint density at radius 1 is 1.35 bits per heavy atom. The van der Waals surface area contributed by atoms with Crippen molar-refractivity contribution in [3.05, 3.63) is 64.6 Å². The average Bonchev–Trinajstić information content (AvgIpc) is 3.23. The summed E-state index contributed by atoms with van der Waals surface area (Å²) < 4.78 is 19.6. The smallest absolute Gasteiger partial charge is 0.407 e. The van der Waals surface area contributed by atoms with Crippen molar-refractivity contribution >= 4 is 28.6 Å². The van der Waals surface area contributed by atoms with Gasteiger partial charge in [0.15, 0.2) is 6.10 Å². The zero-order chi connectivity index (χ0) is 22.0. The maximum Gasteiger partial charge on any atom is 0.407 e. The van der Waals surface area contributed by atoms with Crippen molar-refractivity contribution in [2.24, 2.45) is 0 Å². The van der Waals surface area contributed by atoms with E-state index in [1.165, 1.54) is 17.0 Å². The molecule has 1 amide bonds. The number of carboxylic acid groups (broad SMARTS) is 1. The van der Waals surface area contributed by atoms with E-state index in [0.29, 0.717) is 42.0 Å². The number of aromatic nitrogens is 2. The van der Waals surface area contributed by atoms with E-state index in [1.54, 1.807) is 30.5 Å². The summed E-state index contributed by atoms with van der Waals surface area (Å²) in [6.07, 6.45) is 0.748. The summed E-state index contributed by atoms with van der Waals surface area (Å²) in [6.45, 7) is 0.830. The van der Waals surface area contributed by atoms with Crippen LogP contribution in [0.4, 0.5) is 9.18 Å². The zero-order valence-corrected chi connectivity index (χ0v) is 17.3. The fourth-order valence-electron chi connectivity index (χ4n) is 4.14. The van der Waals surface area contributed by atoms with E-state index < -0.39 is 17.6 Å². The molecule has 0 spiro atoms. The number of carbonyl (C=O) groups is 1. The largest absolute Gasteiger partial charge is 0.465 e. The van der Waals surface area contributed by atoms with Crippen LogP contribution in [-0.4, -0.2) is 46.0 Å². The Kier molecular flexibility index (Phi) is 5.81. The molecule has 1 aliphatic heterocycles. The molecule has 2 aromatic carbocycles. The summed E-state index contributed by atoms with van der Waals surface area (Å²) in [5, 5.41) is 27.3. The highest BCUT2D eigenvalue weighted by atomic mass is 35.5. The molecule has 31 heavy (non-hydrogen) atoms. The minimum absolute atomic E-state index is 0.173. The number of piperidine rings is 1. The Bertz CT molecular complexity index is 1130. The van der Waals surface area contributed by atoms with Gasteiger partial charge in [0, 0.05) is 34.5 Å². The van der Waals surface area contributed by atoms with E-state index in [-0.39, 0.29) is 12.4 Å². The number of nitriles is 1. The van der Waals surface area contributed by atoms with Gasteiger partial charge in [-0.1, -0.05) is 23.7 Å². The molecule has 0 saturated carbocycles. The molecule has 3 aromatic rings. The normalized spacial score (nSPS) is 16.7. The first-order valence-electron chi connectivity index (χ1n) is 9.79. The number of nitrogens with zero attached hydrogens (tertiary/aromatic N) is 3. The van der Waals surface area contributed by atoms with Gasteiger partial charge in [0.1, 0.15) is 5.82 Å². The molecule has 1 saturated heterocycles. The lowest BCUT2D eigenvalue weighted by Crippen LogP contribution is -2.47. The highest BCUT2D eigenvalue weighted by Gasteiger charge is 2.39. The van der Waals surface area contributed by atoms with Gasteiger partial charge in [-0.2, -0.15) is 10.4 Å². The van der Waals surface area contributed by atoms with Crippen LogP contribution in [0.25, 0.3) is 10.9 Å². The molecule has 160 valence electrons. The number of aromatic amines is 1. The number of rotatable bonds is 5. The zero-order valence-electron chi connectivity index (χ0n) is 16.5. The first kappa shape index (κ1) is 21.1. The first-order chi connectivity index (χ1) is 14.9. The predicted octanol–water partition coefficient (Wildman–Crippen LogP) is 4.65. The SMILES string of the molecule is N#CC(OCC1(c2ccc(F)cc2)CCN(C(=O)O)CC1)c1cc(Cl)cc2cn[nH]c12. The molecular formula is C22H20ClFN4O3. The first-order valence-corrected chi connectivity index (χ1v) is 10.2. The molecule has 0 bridgehead atoms. The molecule has 1 atom stereocenters. The van der Waals surface area contributed by atoms with Gasteiger partial charge >= 0.3 is 6.09 Å². The van der Waals surface area contributed by atoms with Crippen molar-refractivity contribution in [2.75, 3.05) is 19.7 Å². The molecule has 1 aliphatic rings. The third kappa shape index (κ3) is 4.20. The summed E-state index contributed by atoms with van der Waals surface area (Å²) >= 11 is 6.21. The van der Waals surface area contributed by atoms with Gasteiger partial charge in [-0.05, 0) is 42.7 Å². The van der Waals surface area contributed by atoms with Crippen LogP contribution in [0.5, 0.6) is 0 Å². The van der Waals surface area contributed by atoms with Crippen LogP contribution in [0.2, 0.25) is 5.02 Å². The van der Waals surface area contributed by atoms with Crippen molar-refractivity contribution in [3.8, 4) is 6.07 Å². The number of likely N-dealkylation sites (tertiary alicyclic amines) is 1. The second kappa shape index (κ2) is 8.53. The van der Waals surface area contributed by atoms with Crippen molar-refractivity contribution < 1.29 is 19.0 Å². The molecule has 0 radical (unpaired) electrons. The fraction of sp³-hybridized carbons (Fsp3) is 0.318. The number of hydrogen-bond donors (Lipinski definition) is 2. The van der Waals surface area contributed by atoms with Crippen LogP contribution < -0.4 is 0 Å². The van der Waals surface area contributed by atoms with E-state index in [2.05, 4.69) is 16.3 Å². The monoisotopic (exact) mass is 442 g/mol. The summed E-state index contributed by atoms with van der Waals surface area (Å²) in [4.78, 5) is 12.7. The van der Waals surface area contributed by atoms with Crippen LogP contribution in [-0.2, 0) is 10.2 Å². The summed E-state index contributed by atoms with van der Waals surface area (Å²) in [6, 6.07) is 11.8. The van der Waals surface area contributed by atoms with Crippen LogP contribution in [0.1, 0.15) is 30.1 Å². The lowest BCUT2D eigenvalue weighted by atomic mass is 9.73. The van der Waals surface area contributed by atoms with Crippen LogP contribution >= 0.6 is 11.6 Å². The fourth-order valence-corrected chi connectivity index (χ4v) is 4.37. The maximum absolute atomic E-state index is 13.5. The molecule has 0 aliphatic carbocycles. The number of ether oxygens (including phenoxy) is 1. The van der Waals surface area contributed by atoms with E-state index in [1.807, 2.05) is 0 Å². The lowest BCUT2D eigenvalue weighted by Gasteiger charge is -2.41. The predicted molar refractivity (Wildman–Crippen MR) is 112 cm³/mol. The van der Waals surface area contributed by atoms with E-state index in [9.17, 15) is 19.6 Å². The van der Waals surface area contributed by atoms with Crippen molar-refractivity contribution in [3.63, 3.8) is 0 Å². The number of H-pyrrole nitrogens is 1. The minimum atomic E-state index is -0.968. The van der Waals surface area contributed by atoms with Crippen LogP contribution in [0, 0.1) is 17.1 Å². The minimum Gasteiger partial charge on any atom is -0.465 e. The number of amides is 1. The Morgan fingerprint density at radius 3 is 2.71 bits per heavy atom. The second-order valence-corrected chi connectivity index (χ2v) is 8.14. The molecule has 2 heterocycles. The standard InChI is InChI=1S/C22H20ClFN4O3/c23-16-9-14-12-26-27-20(14)18(10-16)19(11-25)31-13-22(15-1-3-17(24)4-2-15)5-7-28(8-6-22)21(29)30/h1-4,9-10,12,19H,5-8,13H2,(H,26,27)(H,29,30). The molecule has 1 aromatic heterocycles. The van der Waals surface area contributed by atoms with Gasteiger partial charge in [-0.15, -0.1) is 0 Å². The third-order valence-corrected chi connectivity index (χ3v) is 6.14. The summed E-state index contributed by atoms with van der Waals surface area (Å²) in [7, 11) is 0. The Morgan fingerprint density at radius 2 is 2.06 bits per heavy atom. The Hall–Kier alpha value is -3.15. The van der Waals surface area contributed by atoms with Crippen molar-refractivity contribution in [1.82, 2.24) is 15.1 Å². The average molecular weight is 443 g/mol. The topological polar surface area (TPSA) is 102 Å². The van der Waals surface area contributed by atoms with Crippen molar-refractivity contribution in [2.45, 2.75) is 24.4 Å². The van der Waals surface area contributed by atoms with Gasteiger partial charge < -0.3 is 14.7 Å². The number of hydrogen-bond acceptors (Lipinski definition) is 4. The third-order valence-electron chi connectivity index (χ3n) is 5.92. The summed E-state index contributed by atoms with van der Waals surface area (Å²) in [5.41, 5.74) is 1.57. The van der Waals surface area contributed by atoms with Gasteiger partial charge in [-0.3, -0.25) is 5.10 Å². The van der Waals surface area contributed by atoms with Gasteiger partial charge in [0.05, 0.1) is 24.4 Å². The maximum atomic E-state index is 13.5. The number of fused-ring (bicyclic) bond motifs is 1.